The van der Waals surface area contributed by atoms with Gasteiger partial charge in [-0.2, -0.15) is 0 Å². The number of carbonyl (C=O) groups is 2. The second-order valence-electron chi connectivity index (χ2n) is 9.29. The highest BCUT2D eigenvalue weighted by molar-refractivity contribution is 7.19. The number of aliphatic carboxylic acids is 1. The number of thiophene rings is 1. The maximum absolute atomic E-state index is 13.2. The number of aryl methyl sites for hydroxylation is 2. The van der Waals surface area contributed by atoms with Crippen molar-refractivity contribution >= 4 is 46.2 Å². The number of amides is 1. The average molecular weight is 569 g/mol. The van der Waals surface area contributed by atoms with E-state index in [9.17, 15) is 14.7 Å². The third kappa shape index (κ3) is 6.88. The zero-order valence-corrected chi connectivity index (χ0v) is 24.0. The summed E-state index contributed by atoms with van der Waals surface area (Å²) in [7, 11) is 0. The fourth-order valence-corrected chi connectivity index (χ4v) is 6.13. The van der Waals surface area contributed by atoms with Crippen LogP contribution in [-0.2, 0) is 22.5 Å². The highest BCUT2D eigenvalue weighted by Crippen LogP contribution is 2.34. The lowest BCUT2D eigenvalue weighted by molar-refractivity contribution is -0.153. The Hall–Kier alpha value is -3.04. The predicted molar refractivity (Wildman–Crippen MR) is 154 cm³/mol. The molecule has 1 atom stereocenters. The molecule has 2 heterocycles. The third-order valence-corrected chi connectivity index (χ3v) is 8.35. The van der Waals surface area contributed by atoms with Gasteiger partial charge in [-0.05, 0) is 56.5 Å². The number of nitrogens with zero attached hydrogens (tertiary/aromatic N) is 1. The molecule has 4 aromatic rings. The molecule has 1 amide bonds. The van der Waals surface area contributed by atoms with E-state index in [4.69, 9.17) is 16.3 Å². The first-order valence-electron chi connectivity index (χ1n) is 12.2. The minimum Gasteiger partial charge on any atom is -0.479 e. The summed E-state index contributed by atoms with van der Waals surface area (Å²) in [5.74, 6) is -1.21. The Morgan fingerprint density at radius 2 is 1.79 bits per heavy atom. The molecule has 2 N–H and O–H groups in total. The summed E-state index contributed by atoms with van der Waals surface area (Å²) in [6.45, 7) is 7.75. The Balaban J connectivity index is 1.58. The van der Waals surface area contributed by atoms with E-state index in [1.807, 2.05) is 82.3 Å². The molecule has 0 spiro atoms. The number of rotatable bonds is 10. The van der Waals surface area contributed by atoms with Gasteiger partial charge in [0.1, 0.15) is 9.88 Å². The lowest BCUT2D eigenvalue weighted by atomic mass is 9.99. The van der Waals surface area contributed by atoms with Crippen molar-refractivity contribution in [2.24, 2.45) is 0 Å². The van der Waals surface area contributed by atoms with E-state index in [2.05, 4.69) is 10.3 Å². The fourth-order valence-electron chi connectivity index (χ4n) is 4.04. The molecule has 38 heavy (non-hydrogen) atoms. The van der Waals surface area contributed by atoms with Crippen molar-refractivity contribution in [1.82, 2.24) is 10.3 Å². The summed E-state index contributed by atoms with van der Waals surface area (Å²) >= 11 is 9.01. The Morgan fingerprint density at radius 3 is 2.42 bits per heavy atom. The van der Waals surface area contributed by atoms with Gasteiger partial charge in [-0.1, -0.05) is 59.6 Å². The van der Waals surface area contributed by atoms with E-state index >= 15 is 0 Å². The van der Waals surface area contributed by atoms with Crippen LogP contribution in [0.3, 0.4) is 0 Å². The van der Waals surface area contributed by atoms with Crippen LogP contribution in [0.2, 0.25) is 4.34 Å². The molecule has 198 valence electrons. The Bertz CT molecular complexity index is 1440. The maximum Gasteiger partial charge on any atom is 0.333 e. The van der Waals surface area contributed by atoms with Crippen LogP contribution < -0.4 is 5.32 Å². The summed E-state index contributed by atoms with van der Waals surface area (Å²) in [5.41, 5.74) is 5.42. The SMILES string of the molecule is Cc1ccc(-c2nc(C)c(C(=O)NCc3cc(CC(OC(C)C)C(=O)O)ccc3-c3ccc(Cl)s3)s2)cc1. The highest BCUT2D eigenvalue weighted by Gasteiger charge is 2.22. The van der Waals surface area contributed by atoms with E-state index in [1.54, 1.807) is 0 Å². The zero-order valence-electron chi connectivity index (χ0n) is 21.6. The molecule has 0 aliphatic heterocycles. The molecule has 0 bridgehead atoms. The number of hydrogen-bond donors (Lipinski definition) is 2. The van der Waals surface area contributed by atoms with Crippen LogP contribution in [0.4, 0.5) is 0 Å². The molecule has 4 rings (SSSR count). The summed E-state index contributed by atoms with van der Waals surface area (Å²) in [6.07, 6.45) is -0.956. The van der Waals surface area contributed by atoms with Crippen LogP contribution in [0, 0.1) is 13.8 Å². The minimum absolute atomic E-state index is 0.203. The fraction of sp³-hybridized carbons (Fsp3) is 0.276. The second-order valence-corrected chi connectivity index (χ2v) is 12.0. The summed E-state index contributed by atoms with van der Waals surface area (Å²) in [4.78, 5) is 31.1. The molecule has 0 aliphatic carbocycles. The van der Waals surface area contributed by atoms with Gasteiger partial charge in [0.2, 0.25) is 0 Å². The quantitative estimate of drug-likeness (QED) is 0.212. The zero-order chi connectivity index (χ0) is 27.4. The Kier molecular flexibility index (Phi) is 8.99. The van der Waals surface area contributed by atoms with Gasteiger partial charge in [0.05, 0.1) is 16.1 Å². The number of carboxylic acid groups (broad SMARTS) is 1. The van der Waals surface area contributed by atoms with E-state index < -0.39 is 12.1 Å². The number of carbonyl (C=O) groups excluding carboxylic acids is 1. The molecule has 0 fully saturated rings. The van der Waals surface area contributed by atoms with Crippen molar-refractivity contribution in [2.45, 2.75) is 52.9 Å². The highest BCUT2D eigenvalue weighted by atomic mass is 35.5. The first-order valence-corrected chi connectivity index (χ1v) is 14.2. The van der Waals surface area contributed by atoms with Crippen LogP contribution in [-0.4, -0.2) is 34.2 Å². The topological polar surface area (TPSA) is 88.5 Å². The molecular formula is C29H29ClN2O4S2. The average Bonchev–Trinajstić information content (AvgIpc) is 3.48. The van der Waals surface area contributed by atoms with Crippen LogP contribution >= 0.6 is 34.3 Å². The van der Waals surface area contributed by atoms with Gasteiger partial charge in [-0.15, -0.1) is 22.7 Å². The van der Waals surface area contributed by atoms with E-state index in [-0.39, 0.29) is 25.0 Å². The molecule has 0 aliphatic rings. The molecule has 2 aromatic heterocycles. The lowest BCUT2D eigenvalue weighted by Gasteiger charge is -2.18. The number of halogens is 1. The van der Waals surface area contributed by atoms with E-state index in [1.165, 1.54) is 22.7 Å². The van der Waals surface area contributed by atoms with Gasteiger partial charge in [0, 0.05) is 23.4 Å². The number of aromatic nitrogens is 1. The Morgan fingerprint density at radius 1 is 1.05 bits per heavy atom. The maximum atomic E-state index is 13.2. The molecule has 2 aromatic carbocycles. The second kappa shape index (κ2) is 12.2. The van der Waals surface area contributed by atoms with Crippen molar-refractivity contribution in [1.29, 1.82) is 0 Å². The van der Waals surface area contributed by atoms with Crippen molar-refractivity contribution < 1.29 is 19.4 Å². The van der Waals surface area contributed by atoms with Gasteiger partial charge in [0.15, 0.2) is 6.10 Å². The standard InChI is InChI=1S/C29H29ClN2O4S2/c1-16(2)36-23(29(34)35)14-19-7-10-22(24-11-12-25(30)37-24)21(13-19)15-31-27(33)26-18(4)32-28(38-26)20-8-5-17(3)6-9-20/h5-13,16,23H,14-15H2,1-4H3,(H,31,33)(H,34,35). The monoisotopic (exact) mass is 568 g/mol. The molecule has 1 unspecified atom stereocenters. The number of ether oxygens (including phenoxy) is 1. The van der Waals surface area contributed by atoms with Gasteiger partial charge < -0.3 is 15.2 Å². The molecule has 0 radical (unpaired) electrons. The van der Waals surface area contributed by atoms with E-state index in [0.29, 0.717) is 14.9 Å². The molecular weight excluding hydrogens is 540 g/mol. The van der Waals surface area contributed by atoms with Gasteiger partial charge in [-0.25, -0.2) is 9.78 Å². The molecule has 9 heteroatoms. The van der Waals surface area contributed by atoms with Crippen LogP contribution in [0.25, 0.3) is 21.0 Å². The van der Waals surface area contributed by atoms with Crippen LogP contribution in [0.15, 0.2) is 54.6 Å². The largest absolute Gasteiger partial charge is 0.479 e. The summed E-state index contributed by atoms with van der Waals surface area (Å²) in [5, 5.41) is 13.5. The molecule has 6 nitrogen and oxygen atoms in total. The number of thiazole rings is 1. The number of nitrogens with one attached hydrogen (secondary N) is 1. The van der Waals surface area contributed by atoms with Crippen molar-refractivity contribution in [2.75, 3.05) is 0 Å². The predicted octanol–water partition coefficient (Wildman–Crippen LogP) is 7.16. The summed E-state index contributed by atoms with van der Waals surface area (Å²) < 4.78 is 6.26. The minimum atomic E-state index is -1.01. The number of carboxylic acids is 1. The van der Waals surface area contributed by atoms with Crippen molar-refractivity contribution in [3.63, 3.8) is 0 Å². The number of benzene rings is 2. The van der Waals surface area contributed by atoms with Crippen LogP contribution in [0.1, 0.15) is 45.9 Å². The Labute approximate surface area is 235 Å². The molecule has 0 saturated heterocycles. The van der Waals surface area contributed by atoms with Crippen LogP contribution in [0.5, 0.6) is 0 Å². The first-order chi connectivity index (χ1) is 18.1. The first kappa shape index (κ1) is 28.0. The lowest BCUT2D eigenvalue weighted by Crippen LogP contribution is -2.29. The normalized spacial score (nSPS) is 12.1. The smallest absolute Gasteiger partial charge is 0.333 e. The van der Waals surface area contributed by atoms with Crippen molar-refractivity contribution in [3.8, 4) is 21.0 Å². The summed E-state index contributed by atoms with van der Waals surface area (Å²) in [6, 6.07) is 17.6. The molecule has 0 saturated carbocycles. The van der Waals surface area contributed by atoms with Gasteiger partial charge >= 0.3 is 5.97 Å². The van der Waals surface area contributed by atoms with Gasteiger partial charge in [-0.3, -0.25) is 4.79 Å². The van der Waals surface area contributed by atoms with E-state index in [0.717, 1.165) is 37.7 Å². The van der Waals surface area contributed by atoms with Crippen molar-refractivity contribution in [3.05, 3.63) is 86.2 Å². The number of hydrogen-bond acceptors (Lipinski definition) is 6. The van der Waals surface area contributed by atoms with Gasteiger partial charge in [0.25, 0.3) is 5.91 Å². The third-order valence-electron chi connectivity index (χ3n) is 5.88.